The maximum absolute atomic E-state index is 6.09. The number of ether oxygens (including phenoxy) is 1. The number of nitrogens with two attached hydrogens (primary N) is 1. The van der Waals surface area contributed by atoms with Gasteiger partial charge in [0.1, 0.15) is 5.75 Å². The van der Waals surface area contributed by atoms with Crippen molar-refractivity contribution in [1.29, 1.82) is 0 Å². The monoisotopic (exact) mass is 296 g/mol. The number of hydrazine groups is 1. The summed E-state index contributed by atoms with van der Waals surface area (Å²) in [5, 5.41) is 0.745. The third-order valence-electron chi connectivity index (χ3n) is 4.29. The highest BCUT2D eigenvalue weighted by atomic mass is 35.5. The molecule has 1 unspecified atom stereocenters. The first kappa shape index (κ1) is 15.6. The number of hydrogen-bond acceptors (Lipinski definition) is 3. The lowest BCUT2D eigenvalue weighted by molar-refractivity contribution is 0.296. The first-order chi connectivity index (χ1) is 9.72. The van der Waals surface area contributed by atoms with Crippen molar-refractivity contribution in [1.82, 2.24) is 5.43 Å². The van der Waals surface area contributed by atoms with Crippen LogP contribution in [0.3, 0.4) is 0 Å². The predicted octanol–water partition coefficient (Wildman–Crippen LogP) is 3.69. The molecule has 20 heavy (non-hydrogen) atoms. The number of nitrogens with one attached hydrogen (secondary N) is 1. The van der Waals surface area contributed by atoms with Crippen molar-refractivity contribution in [3.63, 3.8) is 0 Å². The Kier molecular flexibility index (Phi) is 6.14. The molecule has 1 aliphatic carbocycles. The van der Waals surface area contributed by atoms with Gasteiger partial charge < -0.3 is 4.74 Å². The van der Waals surface area contributed by atoms with Crippen LogP contribution in [0.25, 0.3) is 0 Å². The van der Waals surface area contributed by atoms with Gasteiger partial charge in [0.25, 0.3) is 0 Å². The lowest BCUT2D eigenvalue weighted by Gasteiger charge is -2.26. The first-order valence-electron chi connectivity index (χ1n) is 7.51. The quantitative estimate of drug-likeness (QED) is 0.622. The zero-order valence-corrected chi connectivity index (χ0v) is 13.0. The van der Waals surface area contributed by atoms with Gasteiger partial charge in [-0.3, -0.25) is 11.3 Å². The van der Waals surface area contributed by atoms with Crippen molar-refractivity contribution >= 4 is 11.6 Å². The van der Waals surface area contributed by atoms with E-state index >= 15 is 0 Å². The molecule has 0 aliphatic heterocycles. The average Bonchev–Trinajstić information content (AvgIpc) is 2.48. The van der Waals surface area contributed by atoms with Gasteiger partial charge in [0.05, 0.1) is 7.11 Å². The van der Waals surface area contributed by atoms with Gasteiger partial charge in [-0.1, -0.05) is 43.7 Å². The van der Waals surface area contributed by atoms with Gasteiger partial charge in [0.15, 0.2) is 0 Å². The van der Waals surface area contributed by atoms with Crippen molar-refractivity contribution in [2.24, 2.45) is 11.8 Å². The Hall–Kier alpha value is -0.770. The minimum atomic E-state index is 0.283. The molecule has 3 nitrogen and oxygen atoms in total. The average molecular weight is 297 g/mol. The van der Waals surface area contributed by atoms with E-state index in [1.807, 2.05) is 18.2 Å². The summed E-state index contributed by atoms with van der Waals surface area (Å²) in [6.45, 7) is 0. The summed E-state index contributed by atoms with van der Waals surface area (Å²) in [5.41, 5.74) is 4.09. The Bertz CT molecular complexity index is 419. The fraction of sp³-hybridized carbons (Fsp3) is 0.625. The molecule has 112 valence electrons. The third-order valence-corrected chi connectivity index (χ3v) is 4.52. The van der Waals surface area contributed by atoms with Crippen LogP contribution in [0, 0.1) is 5.92 Å². The second-order valence-electron chi connectivity index (χ2n) is 5.76. The van der Waals surface area contributed by atoms with Crippen LogP contribution < -0.4 is 16.0 Å². The lowest BCUT2D eigenvalue weighted by atomic mass is 9.83. The van der Waals surface area contributed by atoms with Crippen LogP contribution in [-0.4, -0.2) is 13.2 Å². The fourth-order valence-electron chi connectivity index (χ4n) is 3.21. The van der Waals surface area contributed by atoms with Crippen LogP contribution in [0.15, 0.2) is 18.2 Å². The van der Waals surface area contributed by atoms with Gasteiger partial charge in [-0.15, -0.1) is 0 Å². The van der Waals surface area contributed by atoms with Gasteiger partial charge in [-0.2, -0.15) is 0 Å². The van der Waals surface area contributed by atoms with E-state index in [4.69, 9.17) is 22.2 Å². The molecule has 1 aromatic rings. The van der Waals surface area contributed by atoms with Crippen LogP contribution in [0.2, 0.25) is 5.02 Å². The Labute approximate surface area is 126 Å². The Balaban J connectivity index is 1.99. The minimum Gasteiger partial charge on any atom is -0.496 e. The highest BCUT2D eigenvalue weighted by Crippen LogP contribution is 2.29. The third kappa shape index (κ3) is 4.37. The molecule has 0 saturated heterocycles. The summed E-state index contributed by atoms with van der Waals surface area (Å²) < 4.78 is 5.41. The second-order valence-corrected chi connectivity index (χ2v) is 6.20. The van der Waals surface area contributed by atoms with Crippen LogP contribution in [0.1, 0.15) is 44.1 Å². The molecular weight excluding hydrogens is 272 g/mol. The minimum absolute atomic E-state index is 0.283. The molecule has 1 aromatic carbocycles. The Morgan fingerprint density at radius 1 is 1.35 bits per heavy atom. The largest absolute Gasteiger partial charge is 0.496 e. The van der Waals surface area contributed by atoms with E-state index in [0.717, 1.165) is 35.1 Å². The molecule has 1 saturated carbocycles. The standard InChI is InChI=1S/C16H25ClN2O/c1-20-16-8-7-14(17)10-13(16)11-15(19-18)9-12-5-3-2-4-6-12/h7-8,10,12,15,19H,2-6,9,11,18H2,1H3. The van der Waals surface area contributed by atoms with Gasteiger partial charge in [0.2, 0.25) is 0 Å². The van der Waals surface area contributed by atoms with Crippen LogP contribution in [0.4, 0.5) is 0 Å². The lowest BCUT2D eigenvalue weighted by Crippen LogP contribution is -2.38. The molecule has 0 spiro atoms. The topological polar surface area (TPSA) is 47.3 Å². The van der Waals surface area contributed by atoms with Crippen molar-refractivity contribution in [3.8, 4) is 5.75 Å². The molecular formula is C16H25ClN2O. The van der Waals surface area contributed by atoms with Crippen molar-refractivity contribution in [2.75, 3.05) is 7.11 Å². The number of halogens is 1. The fourth-order valence-corrected chi connectivity index (χ4v) is 3.40. The summed E-state index contributed by atoms with van der Waals surface area (Å²) in [5.74, 6) is 7.43. The summed E-state index contributed by atoms with van der Waals surface area (Å²) in [6, 6.07) is 6.04. The summed E-state index contributed by atoms with van der Waals surface area (Å²) in [4.78, 5) is 0. The molecule has 0 radical (unpaired) electrons. The number of hydrogen-bond donors (Lipinski definition) is 2. The number of benzene rings is 1. The van der Waals surface area contributed by atoms with Crippen molar-refractivity contribution < 1.29 is 4.74 Å². The van der Waals surface area contributed by atoms with E-state index in [-0.39, 0.29) is 6.04 Å². The number of methoxy groups -OCH3 is 1. The van der Waals surface area contributed by atoms with Gasteiger partial charge in [-0.25, -0.2) is 0 Å². The van der Waals surface area contributed by atoms with E-state index < -0.39 is 0 Å². The molecule has 0 bridgehead atoms. The highest BCUT2D eigenvalue weighted by molar-refractivity contribution is 6.30. The van der Waals surface area contributed by atoms with E-state index in [0.29, 0.717) is 0 Å². The van der Waals surface area contributed by atoms with E-state index in [9.17, 15) is 0 Å². The van der Waals surface area contributed by atoms with Crippen LogP contribution >= 0.6 is 11.6 Å². The maximum Gasteiger partial charge on any atom is 0.122 e. The van der Waals surface area contributed by atoms with Crippen LogP contribution in [0.5, 0.6) is 5.75 Å². The smallest absolute Gasteiger partial charge is 0.122 e. The predicted molar refractivity (Wildman–Crippen MR) is 84.0 cm³/mol. The molecule has 0 heterocycles. The van der Waals surface area contributed by atoms with Gasteiger partial charge in [0, 0.05) is 11.1 Å². The molecule has 3 N–H and O–H groups in total. The highest BCUT2D eigenvalue weighted by Gasteiger charge is 2.19. The van der Waals surface area contributed by atoms with E-state index in [2.05, 4.69) is 5.43 Å². The normalized spacial score (nSPS) is 17.9. The molecule has 1 aliphatic rings. The second kappa shape index (κ2) is 7.87. The molecule has 4 heteroatoms. The molecule has 1 fully saturated rings. The van der Waals surface area contributed by atoms with Gasteiger partial charge >= 0.3 is 0 Å². The summed E-state index contributed by atoms with van der Waals surface area (Å²) in [7, 11) is 1.69. The zero-order chi connectivity index (χ0) is 14.4. The Morgan fingerprint density at radius 3 is 2.75 bits per heavy atom. The van der Waals surface area contributed by atoms with E-state index in [1.165, 1.54) is 32.1 Å². The summed E-state index contributed by atoms with van der Waals surface area (Å²) >= 11 is 6.09. The zero-order valence-electron chi connectivity index (χ0n) is 12.2. The molecule has 0 aromatic heterocycles. The van der Waals surface area contributed by atoms with E-state index in [1.54, 1.807) is 7.11 Å². The Morgan fingerprint density at radius 2 is 2.10 bits per heavy atom. The van der Waals surface area contributed by atoms with Crippen molar-refractivity contribution in [2.45, 2.75) is 51.0 Å². The van der Waals surface area contributed by atoms with Gasteiger partial charge in [-0.05, 0) is 42.5 Å². The maximum atomic E-state index is 6.09. The van der Waals surface area contributed by atoms with Crippen LogP contribution in [-0.2, 0) is 6.42 Å². The SMILES string of the molecule is COc1ccc(Cl)cc1CC(CC1CCCCC1)NN. The molecule has 1 atom stereocenters. The molecule has 0 amide bonds. The van der Waals surface area contributed by atoms with Crippen molar-refractivity contribution in [3.05, 3.63) is 28.8 Å². The number of rotatable bonds is 6. The summed E-state index contributed by atoms with van der Waals surface area (Å²) in [6.07, 6.45) is 8.78. The first-order valence-corrected chi connectivity index (χ1v) is 7.89. The molecule has 2 rings (SSSR count).